The molecule has 0 atom stereocenters. The Labute approximate surface area is 228 Å². The topological polar surface area (TPSA) is 89.8 Å². The molecule has 0 bridgehead atoms. The van der Waals surface area contributed by atoms with Gasteiger partial charge in [0.2, 0.25) is 0 Å². The number of nitrogens with zero attached hydrogens (tertiary/aromatic N) is 3. The summed E-state index contributed by atoms with van der Waals surface area (Å²) in [6.07, 6.45) is 1.22. The van der Waals surface area contributed by atoms with Crippen LogP contribution in [0, 0.1) is 0 Å². The molecule has 2 heterocycles. The van der Waals surface area contributed by atoms with Crippen LogP contribution in [0.4, 0.5) is 4.79 Å². The van der Waals surface area contributed by atoms with Crippen LogP contribution in [0.25, 0.3) is 0 Å². The fourth-order valence-corrected chi connectivity index (χ4v) is 5.26. The monoisotopic (exact) mass is 537 g/mol. The lowest BCUT2D eigenvalue weighted by Crippen LogP contribution is -2.46. The molecule has 0 aromatic heterocycles. The van der Waals surface area contributed by atoms with Crippen LogP contribution in [0.15, 0.2) is 58.5 Å². The lowest BCUT2D eigenvalue weighted by molar-refractivity contribution is -0.116. The maximum Gasteiger partial charge on any atom is 0.410 e. The molecular formula is C29H35N3O5S. The van der Waals surface area contributed by atoms with Crippen LogP contribution in [-0.2, 0) is 16.0 Å². The molecule has 1 saturated heterocycles. The van der Waals surface area contributed by atoms with Gasteiger partial charge in [-0.15, -0.1) is 0 Å². The van der Waals surface area contributed by atoms with E-state index in [9.17, 15) is 9.59 Å². The van der Waals surface area contributed by atoms with Gasteiger partial charge in [-0.3, -0.25) is 9.79 Å². The van der Waals surface area contributed by atoms with Crippen molar-refractivity contribution in [2.24, 2.45) is 9.98 Å². The van der Waals surface area contributed by atoms with Gasteiger partial charge in [0.05, 0.1) is 25.7 Å². The number of methoxy groups -OCH3 is 2. The van der Waals surface area contributed by atoms with E-state index in [1.165, 1.54) is 11.8 Å². The standard InChI is InChI=1S/C29H35N3O5S/c1-28(2,3)37-27(34)32-16-14-29(15-17-32)30-25(21-8-12-24(36-5)13-9-21)26(31-29)38-19-22(33)18-20-6-10-23(35-4)11-7-20/h6-13H,14-19H2,1-5H3. The van der Waals surface area contributed by atoms with Crippen molar-refractivity contribution in [3.8, 4) is 11.5 Å². The SMILES string of the molecule is COc1ccc(CC(=O)CSC2=NC3(CCN(C(=O)OC(C)(C)C)CC3)N=C2c2ccc(OC)cc2)cc1. The molecule has 2 aromatic carbocycles. The Kier molecular flexibility index (Phi) is 8.45. The molecule has 1 spiro atoms. The molecule has 2 aliphatic rings. The summed E-state index contributed by atoms with van der Waals surface area (Å²) in [5.41, 5.74) is 1.46. The van der Waals surface area contributed by atoms with E-state index in [4.69, 9.17) is 24.2 Å². The van der Waals surface area contributed by atoms with Crippen molar-refractivity contribution in [2.75, 3.05) is 33.1 Å². The highest BCUT2D eigenvalue weighted by atomic mass is 32.2. The number of ether oxygens (including phenoxy) is 3. The van der Waals surface area contributed by atoms with Crippen LogP contribution in [0.2, 0.25) is 0 Å². The van der Waals surface area contributed by atoms with Gasteiger partial charge >= 0.3 is 6.09 Å². The number of likely N-dealkylation sites (tertiary alicyclic amines) is 1. The number of hydrogen-bond acceptors (Lipinski definition) is 8. The van der Waals surface area contributed by atoms with Crippen molar-refractivity contribution in [1.82, 2.24) is 4.90 Å². The van der Waals surface area contributed by atoms with Crippen LogP contribution >= 0.6 is 11.8 Å². The number of hydrogen-bond donors (Lipinski definition) is 0. The number of ketones is 1. The Hall–Kier alpha value is -3.33. The Balaban J connectivity index is 1.48. The average Bonchev–Trinajstić information content (AvgIpc) is 3.25. The molecule has 0 saturated carbocycles. The number of thioether (sulfide) groups is 1. The molecule has 0 unspecified atom stereocenters. The zero-order valence-electron chi connectivity index (χ0n) is 22.7. The van der Waals surface area contributed by atoms with Gasteiger partial charge in [0, 0.05) is 37.9 Å². The molecule has 1 amide bonds. The minimum Gasteiger partial charge on any atom is -0.497 e. The maximum absolute atomic E-state index is 12.8. The summed E-state index contributed by atoms with van der Waals surface area (Å²) in [6.45, 7) is 6.60. The van der Waals surface area contributed by atoms with E-state index in [0.29, 0.717) is 38.1 Å². The Bertz CT molecular complexity index is 1210. The number of carbonyl (C=O) groups is 2. The van der Waals surface area contributed by atoms with Crippen LogP contribution in [-0.4, -0.2) is 71.9 Å². The second-order valence-corrected chi connectivity index (χ2v) is 11.4. The van der Waals surface area contributed by atoms with Crippen molar-refractivity contribution in [3.05, 3.63) is 59.7 Å². The highest BCUT2D eigenvalue weighted by Crippen LogP contribution is 2.36. The van der Waals surface area contributed by atoms with Gasteiger partial charge in [0.1, 0.15) is 27.9 Å². The van der Waals surface area contributed by atoms with E-state index < -0.39 is 11.3 Å². The molecule has 0 N–H and O–H groups in total. The Morgan fingerprint density at radius 3 is 2.05 bits per heavy atom. The van der Waals surface area contributed by atoms with E-state index in [1.807, 2.05) is 69.3 Å². The largest absolute Gasteiger partial charge is 0.497 e. The summed E-state index contributed by atoms with van der Waals surface area (Å²) in [5.74, 6) is 1.92. The van der Waals surface area contributed by atoms with E-state index in [1.54, 1.807) is 19.1 Å². The predicted octanol–water partition coefficient (Wildman–Crippen LogP) is 5.18. The first-order chi connectivity index (χ1) is 18.1. The zero-order chi connectivity index (χ0) is 27.3. The van der Waals surface area contributed by atoms with Crippen molar-refractivity contribution in [1.29, 1.82) is 0 Å². The molecule has 4 rings (SSSR count). The first kappa shape index (κ1) is 27.7. The molecule has 2 aromatic rings. The predicted molar refractivity (Wildman–Crippen MR) is 151 cm³/mol. The number of benzene rings is 2. The summed E-state index contributed by atoms with van der Waals surface area (Å²) >= 11 is 1.42. The van der Waals surface area contributed by atoms with E-state index in [-0.39, 0.29) is 11.9 Å². The van der Waals surface area contributed by atoms with Gasteiger partial charge in [-0.2, -0.15) is 0 Å². The maximum atomic E-state index is 12.8. The number of piperidine rings is 1. The highest BCUT2D eigenvalue weighted by molar-refractivity contribution is 8.16. The first-order valence-corrected chi connectivity index (χ1v) is 13.7. The summed E-state index contributed by atoms with van der Waals surface area (Å²) in [6, 6.07) is 15.2. The Morgan fingerprint density at radius 2 is 1.50 bits per heavy atom. The molecule has 1 fully saturated rings. The molecule has 0 radical (unpaired) electrons. The van der Waals surface area contributed by atoms with Gasteiger partial charge in [-0.1, -0.05) is 23.9 Å². The third-order valence-electron chi connectivity index (χ3n) is 6.34. The average molecular weight is 538 g/mol. The molecule has 2 aliphatic heterocycles. The van der Waals surface area contributed by atoms with E-state index >= 15 is 0 Å². The lowest BCUT2D eigenvalue weighted by atomic mass is 9.99. The van der Waals surface area contributed by atoms with Gasteiger partial charge in [0.25, 0.3) is 0 Å². The van der Waals surface area contributed by atoms with Crippen molar-refractivity contribution < 1.29 is 23.8 Å². The number of rotatable bonds is 7. The third-order valence-corrected chi connectivity index (χ3v) is 7.37. The Morgan fingerprint density at radius 1 is 0.921 bits per heavy atom. The van der Waals surface area contributed by atoms with Gasteiger partial charge < -0.3 is 19.1 Å². The minimum atomic E-state index is -0.644. The van der Waals surface area contributed by atoms with Crippen LogP contribution in [0.5, 0.6) is 11.5 Å². The van der Waals surface area contributed by atoms with Crippen LogP contribution < -0.4 is 9.47 Å². The smallest absolute Gasteiger partial charge is 0.410 e. The van der Waals surface area contributed by atoms with Crippen molar-refractivity contribution in [2.45, 2.75) is 51.3 Å². The van der Waals surface area contributed by atoms with Crippen LogP contribution in [0.3, 0.4) is 0 Å². The normalized spacial score (nSPS) is 16.6. The summed E-state index contributed by atoms with van der Waals surface area (Å²) in [4.78, 5) is 37.2. The van der Waals surface area contributed by atoms with E-state index in [0.717, 1.165) is 33.4 Å². The number of Topliss-reactive ketones (excluding diaryl/α,β-unsaturated/α-hetero) is 1. The number of amides is 1. The summed E-state index contributed by atoms with van der Waals surface area (Å²) in [5, 5.41) is 0.754. The summed E-state index contributed by atoms with van der Waals surface area (Å²) < 4.78 is 16.1. The fraction of sp³-hybridized carbons (Fsp3) is 0.448. The van der Waals surface area contributed by atoms with Crippen LogP contribution in [0.1, 0.15) is 44.7 Å². The highest BCUT2D eigenvalue weighted by Gasteiger charge is 2.41. The number of carbonyl (C=O) groups excluding carboxylic acids is 2. The molecule has 9 heteroatoms. The summed E-state index contributed by atoms with van der Waals surface area (Å²) in [7, 11) is 3.25. The zero-order valence-corrected chi connectivity index (χ0v) is 23.5. The number of aliphatic imine (C=N–C) groups is 2. The first-order valence-electron chi connectivity index (χ1n) is 12.7. The van der Waals surface area contributed by atoms with Crippen molar-refractivity contribution >= 4 is 34.4 Å². The molecule has 202 valence electrons. The lowest BCUT2D eigenvalue weighted by Gasteiger charge is -2.36. The molecular weight excluding hydrogens is 502 g/mol. The fourth-order valence-electron chi connectivity index (χ4n) is 4.33. The quantitative estimate of drug-likeness (QED) is 0.484. The molecule has 0 aliphatic carbocycles. The molecule has 38 heavy (non-hydrogen) atoms. The minimum absolute atomic E-state index is 0.109. The second-order valence-electron chi connectivity index (χ2n) is 10.4. The molecule has 8 nitrogen and oxygen atoms in total. The van der Waals surface area contributed by atoms with Gasteiger partial charge in [-0.05, 0) is 62.7 Å². The van der Waals surface area contributed by atoms with Crippen molar-refractivity contribution in [3.63, 3.8) is 0 Å². The third kappa shape index (κ3) is 6.95. The van der Waals surface area contributed by atoms with E-state index in [2.05, 4.69) is 0 Å². The van der Waals surface area contributed by atoms with Gasteiger partial charge in [-0.25, -0.2) is 9.79 Å². The van der Waals surface area contributed by atoms with Gasteiger partial charge in [0.15, 0.2) is 5.66 Å². The second kappa shape index (κ2) is 11.6.